The summed E-state index contributed by atoms with van der Waals surface area (Å²) in [6, 6.07) is 0. The molecule has 0 fully saturated rings. The highest BCUT2D eigenvalue weighted by Gasteiger charge is 2.05. The standard InChI is InChI=1S/C7H12N2OS/c1-4-7(8-6-10)5-9(2,3)11/h4-6,11H,1H2,2-3H3/p+1/b7-5+. The third kappa shape index (κ3) is 5.69. The molecule has 0 saturated heterocycles. The number of amides is 1. The van der Waals surface area contributed by atoms with Gasteiger partial charge in [0.1, 0.15) is 6.20 Å². The Balaban J connectivity index is 4.34. The summed E-state index contributed by atoms with van der Waals surface area (Å²) in [6.45, 7) is 3.53. The van der Waals surface area contributed by atoms with Crippen molar-refractivity contribution in [2.75, 3.05) is 14.1 Å². The van der Waals surface area contributed by atoms with Crippen molar-refractivity contribution in [1.82, 2.24) is 5.32 Å². The monoisotopic (exact) mass is 173 g/mol. The van der Waals surface area contributed by atoms with Gasteiger partial charge in [0.15, 0.2) is 0 Å². The molecule has 0 atom stereocenters. The van der Waals surface area contributed by atoms with Crippen LogP contribution in [0.1, 0.15) is 0 Å². The van der Waals surface area contributed by atoms with Gasteiger partial charge < -0.3 is 5.32 Å². The second-order valence-electron chi connectivity index (χ2n) is 2.53. The van der Waals surface area contributed by atoms with Crippen molar-refractivity contribution in [2.45, 2.75) is 0 Å². The van der Waals surface area contributed by atoms with Crippen LogP contribution in [0.4, 0.5) is 0 Å². The van der Waals surface area contributed by atoms with Crippen LogP contribution in [0, 0.1) is 0 Å². The predicted molar refractivity (Wildman–Crippen MR) is 48.6 cm³/mol. The molecule has 0 aromatic carbocycles. The molecule has 1 amide bonds. The van der Waals surface area contributed by atoms with E-state index in [0.717, 1.165) is 0 Å². The van der Waals surface area contributed by atoms with Gasteiger partial charge in [-0.2, -0.15) is 0 Å². The molecule has 0 bridgehead atoms. The number of nitrogens with one attached hydrogen (secondary N) is 1. The quantitative estimate of drug-likeness (QED) is 0.278. The highest BCUT2D eigenvalue weighted by molar-refractivity contribution is 7.74. The van der Waals surface area contributed by atoms with Gasteiger partial charge in [0, 0.05) is 0 Å². The second kappa shape index (κ2) is 4.20. The normalized spacial score (nSPS) is 12.5. The Morgan fingerprint density at radius 3 is 2.45 bits per heavy atom. The topological polar surface area (TPSA) is 29.1 Å². The Labute approximate surface area is 72.5 Å². The fourth-order valence-electron chi connectivity index (χ4n) is 0.557. The van der Waals surface area contributed by atoms with Crippen molar-refractivity contribution in [3.63, 3.8) is 0 Å². The molecule has 0 spiro atoms. The van der Waals surface area contributed by atoms with Gasteiger partial charge in [0.25, 0.3) is 0 Å². The number of allylic oxidation sites excluding steroid dienone is 1. The van der Waals surface area contributed by atoms with Crippen molar-refractivity contribution in [2.24, 2.45) is 0 Å². The average molecular weight is 173 g/mol. The van der Waals surface area contributed by atoms with E-state index in [1.54, 1.807) is 12.3 Å². The third-order valence-electron chi connectivity index (χ3n) is 0.901. The van der Waals surface area contributed by atoms with Crippen LogP contribution in [-0.4, -0.2) is 24.4 Å². The zero-order chi connectivity index (χ0) is 8.91. The van der Waals surface area contributed by atoms with E-state index in [9.17, 15) is 4.79 Å². The largest absolute Gasteiger partial charge is 0.324 e. The first-order valence-corrected chi connectivity index (χ1v) is 3.51. The molecule has 0 radical (unpaired) electrons. The molecule has 0 aliphatic rings. The van der Waals surface area contributed by atoms with Crippen molar-refractivity contribution >= 4 is 19.2 Å². The zero-order valence-corrected chi connectivity index (χ0v) is 7.64. The van der Waals surface area contributed by atoms with Gasteiger partial charge in [-0.1, -0.05) is 6.58 Å². The number of hydrogen-bond donors (Lipinski definition) is 2. The van der Waals surface area contributed by atoms with E-state index in [2.05, 4.69) is 24.7 Å². The molecule has 0 aliphatic heterocycles. The van der Waals surface area contributed by atoms with Gasteiger partial charge in [0.2, 0.25) is 6.41 Å². The number of hydrogen-bond acceptors (Lipinski definition) is 2. The molecular formula is C7H13N2OS+. The summed E-state index contributed by atoms with van der Waals surface area (Å²) < 4.78 is 0.349. The number of thiol groups is 1. The Bertz CT molecular complexity index is 181. The number of nitrogens with zero attached hydrogens (tertiary/aromatic N) is 1. The number of quaternary nitrogens is 1. The lowest BCUT2D eigenvalue weighted by molar-refractivity contribution is -0.687. The van der Waals surface area contributed by atoms with Crippen molar-refractivity contribution in [3.05, 3.63) is 24.6 Å². The molecule has 0 unspecified atom stereocenters. The fraction of sp³-hybridized carbons (Fsp3) is 0.286. The van der Waals surface area contributed by atoms with Crippen molar-refractivity contribution in [3.8, 4) is 0 Å². The van der Waals surface area contributed by atoms with E-state index >= 15 is 0 Å². The first-order chi connectivity index (χ1) is 4.99. The van der Waals surface area contributed by atoms with Gasteiger partial charge in [-0.15, -0.1) is 0 Å². The van der Waals surface area contributed by atoms with E-state index in [1.807, 2.05) is 14.1 Å². The maximum absolute atomic E-state index is 10.0. The lowest BCUT2D eigenvalue weighted by Gasteiger charge is -2.15. The molecule has 4 heteroatoms. The van der Waals surface area contributed by atoms with Gasteiger partial charge in [-0.05, 0) is 6.08 Å². The molecule has 11 heavy (non-hydrogen) atoms. The van der Waals surface area contributed by atoms with E-state index in [4.69, 9.17) is 0 Å². The fourth-order valence-corrected chi connectivity index (χ4v) is 0.682. The van der Waals surface area contributed by atoms with E-state index in [1.165, 1.54) is 0 Å². The number of rotatable bonds is 4. The Hall–Kier alpha value is -0.740. The van der Waals surface area contributed by atoms with Crippen LogP contribution in [0.3, 0.4) is 0 Å². The summed E-state index contributed by atoms with van der Waals surface area (Å²) in [5.74, 6) is 0. The predicted octanol–water partition coefficient (Wildman–Crippen LogP) is 0.681. The smallest absolute Gasteiger partial charge is 0.211 e. The maximum Gasteiger partial charge on any atom is 0.211 e. The van der Waals surface area contributed by atoms with Crippen LogP contribution < -0.4 is 5.32 Å². The molecule has 0 aromatic heterocycles. The van der Waals surface area contributed by atoms with Gasteiger partial charge in [0.05, 0.1) is 32.6 Å². The van der Waals surface area contributed by atoms with Crippen molar-refractivity contribution < 1.29 is 8.68 Å². The van der Waals surface area contributed by atoms with Gasteiger partial charge >= 0.3 is 0 Å². The third-order valence-corrected chi connectivity index (χ3v) is 1.02. The first-order valence-electron chi connectivity index (χ1n) is 3.11. The summed E-state index contributed by atoms with van der Waals surface area (Å²) in [4.78, 5) is 10.0. The lowest BCUT2D eigenvalue weighted by atomic mass is 10.4. The minimum atomic E-state index is 0.349. The zero-order valence-electron chi connectivity index (χ0n) is 6.74. The van der Waals surface area contributed by atoms with Crippen LogP contribution >= 0.6 is 12.8 Å². The van der Waals surface area contributed by atoms with Crippen molar-refractivity contribution in [1.29, 1.82) is 0 Å². The number of carbonyl (C=O) groups excluding carboxylic acids is 1. The molecule has 0 aliphatic carbocycles. The summed E-state index contributed by atoms with van der Waals surface area (Å²) in [7, 11) is 3.72. The SMILES string of the molecule is C=C/C(=C\[N+](C)(C)S)NC=O. The summed E-state index contributed by atoms with van der Waals surface area (Å²) >= 11 is 4.20. The minimum absolute atomic E-state index is 0.349. The van der Waals surface area contributed by atoms with E-state index in [-0.39, 0.29) is 0 Å². The Morgan fingerprint density at radius 1 is 1.64 bits per heavy atom. The van der Waals surface area contributed by atoms with Crippen LogP contribution in [0.15, 0.2) is 24.6 Å². The van der Waals surface area contributed by atoms with Gasteiger partial charge in [-0.3, -0.25) is 4.79 Å². The molecule has 1 N–H and O–H groups in total. The maximum atomic E-state index is 10.0. The molecule has 62 valence electrons. The molecule has 0 aromatic rings. The molecule has 0 saturated carbocycles. The molecule has 0 heterocycles. The van der Waals surface area contributed by atoms with E-state index < -0.39 is 0 Å². The highest BCUT2D eigenvalue weighted by atomic mass is 32.1. The van der Waals surface area contributed by atoms with Crippen LogP contribution in [-0.2, 0) is 4.79 Å². The average Bonchev–Trinajstić information content (AvgIpc) is 1.84. The Kier molecular flexibility index (Phi) is 3.92. The molecule has 0 rings (SSSR count). The van der Waals surface area contributed by atoms with Crippen LogP contribution in [0.5, 0.6) is 0 Å². The lowest BCUT2D eigenvalue weighted by Crippen LogP contribution is -2.23. The highest BCUT2D eigenvalue weighted by Crippen LogP contribution is 2.05. The summed E-state index contributed by atoms with van der Waals surface area (Å²) in [6.07, 6.45) is 3.92. The molecular weight excluding hydrogens is 160 g/mol. The summed E-state index contributed by atoms with van der Waals surface area (Å²) in [5.41, 5.74) is 0.653. The Morgan fingerprint density at radius 2 is 2.18 bits per heavy atom. The van der Waals surface area contributed by atoms with Crippen LogP contribution in [0.2, 0.25) is 0 Å². The minimum Gasteiger partial charge on any atom is -0.324 e. The number of carbonyl (C=O) groups is 1. The molecule has 3 nitrogen and oxygen atoms in total. The van der Waals surface area contributed by atoms with Gasteiger partial charge in [-0.25, -0.2) is 3.89 Å². The second-order valence-corrected chi connectivity index (χ2v) is 3.56. The first kappa shape index (κ1) is 10.3. The van der Waals surface area contributed by atoms with Crippen LogP contribution in [0.25, 0.3) is 0 Å². The summed E-state index contributed by atoms with van der Waals surface area (Å²) in [5, 5.41) is 2.49. The van der Waals surface area contributed by atoms with E-state index in [0.29, 0.717) is 16.0 Å².